The Bertz CT molecular complexity index is 835. The smallest absolute Gasteiger partial charge is 0.321 e. The third-order valence-corrected chi connectivity index (χ3v) is 4.72. The lowest BCUT2D eigenvalue weighted by Gasteiger charge is -2.26. The maximum Gasteiger partial charge on any atom is 0.321 e. The quantitative estimate of drug-likeness (QED) is 0.614. The normalized spacial score (nSPS) is 15.3. The summed E-state index contributed by atoms with van der Waals surface area (Å²) in [6, 6.07) is 7.03. The number of imide groups is 1. The molecule has 0 aliphatic carbocycles. The number of ether oxygens (including phenoxy) is 2. The zero-order chi connectivity index (χ0) is 20.6. The van der Waals surface area contributed by atoms with Crippen molar-refractivity contribution in [3.05, 3.63) is 47.4 Å². The lowest BCUT2D eigenvalue weighted by Crippen LogP contribution is -3.13. The van der Waals surface area contributed by atoms with Crippen molar-refractivity contribution in [3.63, 3.8) is 0 Å². The minimum atomic E-state index is -0.525. The van der Waals surface area contributed by atoms with E-state index < -0.39 is 6.03 Å². The molecule has 1 aromatic carbocycles. The van der Waals surface area contributed by atoms with Gasteiger partial charge in [0.05, 0.1) is 32.6 Å². The molecule has 2 aromatic rings. The number of quaternary nitrogens is 1. The molecule has 1 unspecified atom stereocenters. The molecule has 0 fully saturated rings. The van der Waals surface area contributed by atoms with Crippen LogP contribution < -0.4 is 25.0 Å². The molecule has 0 spiro atoms. The number of urea groups is 1. The third kappa shape index (κ3) is 5.74. The Labute approximate surface area is 170 Å². The molecular formula is C21H28N3O5+. The zero-order valence-corrected chi connectivity index (χ0v) is 16.9. The number of hydrogen-bond donors (Lipinski definition) is 3. The first-order valence-corrected chi connectivity index (χ1v) is 9.94. The summed E-state index contributed by atoms with van der Waals surface area (Å²) in [4.78, 5) is 25.2. The van der Waals surface area contributed by atoms with E-state index in [1.54, 1.807) is 12.1 Å². The van der Waals surface area contributed by atoms with E-state index in [0.717, 1.165) is 34.9 Å². The van der Waals surface area contributed by atoms with Gasteiger partial charge in [-0.25, -0.2) is 4.79 Å². The van der Waals surface area contributed by atoms with Crippen LogP contribution in [0.5, 0.6) is 11.5 Å². The number of carbonyl (C=O) groups excluding carboxylic acids is 2. The van der Waals surface area contributed by atoms with Crippen molar-refractivity contribution in [1.29, 1.82) is 0 Å². The number of benzene rings is 1. The van der Waals surface area contributed by atoms with E-state index >= 15 is 0 Å². The second-order valence-electron chi connectivity index (χ2n) is 6.85. The molecule has 8 heteroatoms. The first-order chi connectivity index (χ1) is 14.1. The van der Waals surface area contributed by atoms with E-state index in [2.05, 4.69) is 10.6 Å². The maximum atomic E-state index is 12.2. The summed E-state index contributed by atoms with van der Waals surface area (Å²) < 4.78 is 16.5. The van der Waals surface area contributed by atoms with E-state index in [1.165, 1.54) is 11.8 Å². The second kappa shape index (κ2) is 9.97. The predicted octanol–water partition coefficient (Wildman–Crippen LogP) is 1.04. The highest BCUT2D eigenvalue weighted by atomic mass is 16.5. The molecule has 1 aliphatic heterocycles. The van der Waals surface area contributed by atoms with Crippen molar-refractivity contribution in [2.45, 2.75) is 33.4 Å². The molecule has 1 atom stereocenters. The largest absolute Gasteiger partial charge is 0.490 e. The summed E-state index contributed by atoms with van der Waals surface area (Å²) in [6.07, 6.45) is 2.38. The molecule has 156 valence electrons. The van der Waals surface area contributed by atoms with Crippen molar-refractivity contribution in [3.8, 4) is 11.5 Å². The summed E-state index contributed by atoms with van der Waals surface area (Å²) in [5, 5.41) is 4.98. The van der Waals surface area contributed by atoms with Crippen LogP contribution in [-0.4, -0.2) is 38.2 Å². The molecule has 0 bridgehead atoms. The molecule has 1 aromatic heterocycles. The number of hydrogen-bond acceptors (Lipinski definition) is 5. The van der Waals surface area contributed by atoms with Gasteiger partial charge in [0, 0.05) is 12.0 Å². The molecule has 0 radical (unpaired) electrons. The fraction of sp³-hybridized carbons (Fsp3) is 0.429. The Morgan fingerprint density at radius 3 is 2.52 bits per heavy atom. The average molecular weight is 402 g/mol. The Kier molecular flexibility index (Phi) is 7.13. The van der Waals surface area contributed by atoms with Crippen LogP contribution in [0.15, 0.2) is 34.9 Å². The van der Waals surface area contributed by atoms with Crippen molar-refractivity contribution in [1.82, 2.24) is 10.6 Å². The topological polar surface area (TPSA) is 94.2 Å². The van der Waals surface area contributed by atoms with Crippen molar-refractivity contribution in [2.75, 3.05) is 26.3 Å². The van der Waals surface area contributed by atoms with Crippen LogP contribution in [0.3, 0.4) is 0 Å². The molecule has 2 heterocycles. The third-order valence-electron chi connectivity index (χ3n) is 4.72. The molecule has 3 amide bonds. The minimum Gasteiger partial charge on any atom is -0.490 e. The SMILES string of the molecule is CCOc1cc2c(cc1OCC)C[NH+](CC(=O)NC(=O)NCc1ccco1)CC2. The average Bonchev–Trinajstić information content (AvgIpc) is 3.21. The van der Waals surface area contributed by atoms with E-state index in [-0.39, 0.29) is 19.0 Å². The highest BCUT2D eigenvalue weighted by molar-refractivity contribution is 5.94. The monoisotopic (exact) mass is 402 g/mol. The summed E-state index contributed by atoms with van der Waals surface area (Å²) in [5.74, 6) is 1.82. The highest BCUT2D eigenvalue weighted by Crippen LogP contribution is 2.32. The Balaban J connectivity index is 1.53. The molecular weight excluding hydrogens is 374 g/mol. The van der Waals surface area contributed by atoms with Crippen LogP contribution in [0.1, 0.15) is 30.7 Å². The Hall–Kier alpha value is -3.00. The molecule has 1 aliphatic rings. The summed E-state index contributed by atoms with van der Waals surface area (Å²) >= 11 is 0. The minimum absolute atomic E-state index is 0.227. The van der Waals surface area contributed by atoms with Gasteiger partial charge in [-0.1, -0.05) is 0 Å². The number of nitrogens with one attached hydrogen (secondary N) is 3. The van der Waals surface area contributed by atoms with Crippen LogP contribution in [0.25, 0.3) is 0 Å². The van der Waals surface area contributed by atoms with Gasteiger partial charge in [-0.3, -0.25) is 10.1 Å². The molecule has 8 nitrogen and oxygen atoms in total. The van der Waals surface area contributed by atoms with Crippen molar-refractivity contribution in [2.24, 2.45) is 0 Å². The standard InChI is InChI=1S/C21H27N3O5/c1-3-27-18-10-15-7-8-24(13-16(15)11-19(18)28-4-2)14-20(25)23-21(26)22-12-17-6-5-9-29-17/h5-6,9-11H,3-4,7-8,12-14H2,1-2H3,(H2,22,23,25,26)/p+1. The lowest BCUT2D eigenvalue weighted by molar-refractivity contribution is -0.908. The Morgan fingerprint density at radius 1 is 1.14 bits per heavy atom. The van der Waals surface area contributed by atoms with Gasteiger partial charge in [0.25, 0.3) is 5.91 Å². The van der Waals surface area contributed by atoms with Crippen LogP contribution >= 0.6 is 0 Å². The van der Waals surface area contributed by atoms with Gasteiger partial charge in [-0.2, -0.15) is 0 Å². The molecule has 29 heavy (non-hydrogen) atoms. The molecule has 3 N–H and O–H groups in total. The fourth-order valence-electron chi connectivity index (χ4n) is 3.42. The van der Waals surface area contributed by atoms with Crippen LogP contribution in [0.2, 0.25) is 0 Å². The molecule has 0 saturated carbocycles. The van der Waals surface area contributed by atoms with Crippen molar-refractivity contribution >= 4 is 11.9 Å². The summed E-state index contributed by atoms with van der Waals surface area (Å²) in [5.41, 5.74) is 2.37. The van der Waals surface area contributed by atoms with Gasteiger partial charge >= 0.3 is 6.03 Å². The van der Waals surface area contributed by atoms with Crippen molar-refractivity contribution < 1.29 is 28.4 Å². The van der Waals surface area contributed by atoms with E-state index in [4.69, 9.17) is 13.9 Å². The Morgan fingerprint density at radius 2 is 1.86 bits per heavy atom. The number of rotatable bonds is 8. The van der Waals surface area contributed by atoms with E-state index in [1.807, 2.05) is 26.0 Å². The maximum absolute atomic E-state index is 12.2. The van der Waals surface area contributed by atoms with Gasteiger partial charge in [-0.15, -0.1) is 0 Å². The van der Waals surface area contributed by atoms with E-state index in [9.17, 15) is 9.59 Å². The number of amides is 3. The highest BCUT2D eigenvalue weighted by Gasteiger charge is 2.24. The number of fused-ring (bicyclic) bond motifs is 1. The number of carbonyl (C=O) groups is 2. The molecule has 0 saturated heterocycles. The zero-order valence-electron chi connectivity index (χ0n) is 16.9. The van der Waals surface area contributed by atoms with E-state index in [0.29, 0.717) is 25.5 Å². The van der Waals surface area contributed by atoms with Gasteiger partial charge in [0.2, 0.25) is 0 Å². The van der Waals surface area contributed by atoms with Gasteiger partial charge < -0.3 is 24.1 Å². The predicted molar refractivity (Wildman–Crippen MR) is 106 cm³/mol. The second-order valence-corrected chi connectivity index (χ2v) is 6.85. The lowest BCUT2D eigenvalue weighted by atomic mass is 9.99. The van der Waals surface area contributed by atoms with Crippen LogP contribution in [-0.2, 0) is 24.3 Å². The van der Waals surface area contributed by atoms with Gasteiger partial charge in [0.1, 0.15) is 12.3 Å². The summed E-state index contributed by atoms with van der Waals surface area (Å²) in [6.45, 7) is 7.00. The van der Waals surface area contributed by atoms with Crippen LogP contribution in [0, 0.1) is 0 Å². The number of furan rings is 1. The van der Waals surface area contributed by atoms with Crippen LogP contribution in [0.4, 0.5) is 4.79 Å². The first-order valence-electron chi connectivity index (χ1n) is 9.94. The van der Waals surface area contributed by atoms with Gasteiger partial charge in [-0.05, 0) is 43.7 Å². The summed E-state index contributed by atoms with van der Waals surface area (Å²) in [7, 11) is 0. The fourth-order valence-corrected chi connectivity index (χ4v) is 3.42. The molecule has 3 rings (SSSR count). The first kappa shape index (κ1) is 20.7. The van der Waals surface area contributed by atoms with Gasteiger partial charge in [0.15, 0.2) is 18.0 Å².